The highest BCUT2D eigenvalue weighted by Gasteiger charge is 2.28. The molecule has 0 bridgehead atoms. The van der Waals surface area contributed by atoms with Gasteiger partial charge in [-0.25, -0.2) is 0 Å². The number of hydrogen-bond donors (Lipinski definition) is 3. The van der Waals surface area contributed by atoms with E-state index in [9.17, 15) is 15.3 Å². The molecule has 0 aliphatic carbocycles. The van der Waals surface area contributed by atoms with Crippen molar-refractivity contribution in [3.63, 3.8) is 0 Å². The van der Waals surface area contributed by atoms with Gasteiger partial charge in [-0.15, -0.1) is 0 Å². The predicted octanol–water partition coefficient (Wildman–Crippen LogP) is 7.59. The molecule has 35 heavy (non-hydrogen) atoms. The van der Waals surface area contributed by atoms with Crippen molar-refractivity contribution in [2.45, 2.75) is 79.1 Å². The van der Waals surface area contributed by atoms with Crippen molar-refractivity contribution >= 4 is 0 Å². The molecule has 0 spiro atoms. The van der Waals surface area contributed by atoms with Crippen LogP contribution >= 0.6 is 0 Å². The van der Waals surface area contributed by atoms with Crippen LogP contribution in [0.5, 0.6) is 23.0 Å². The maximum Gasteiger partial charge on any atom is 0.161 e. The summed E-state index contributed by atoms with van der Waals surface area (Å²) < 4.78 is 5.71. The molecule has 0 unspecified atom stereocenters. The molecular weight excluding hydrogens is 436 g/mol. The molecule has 188 valence electrons. The summed E-state index contributed by atoms with van der Waals surface area (Å²) in [5, 5.41) is 32.1. The van der Waals surface area contributed by atoms with Crippen LogP contribution in [0.2, 0.25) is 0 Å². The zero-order valence-electron chi connectivity index (χ0n) is 22.6. The third kappa shape index (κ3) is 5.42. The van der Waals surface area contributed by atoms with E-state index in [-0.39, 0.29) is 22.5 Å². The molecular formula is C31H40O4. The SMILES string of the molecule is CCOc1cc(C(c2cc(C)c(O)c(C(C)(C)C)c2)c2cc(C)c(O)c(C(C)(C)C)c2)ccc1O. The Morgan fingerprint density at radius 2 is 1.14 bits per heavy atom. The van der Waals surface area contributed by atoms with Crippen LogP contribution < -0.4 is 4.74 Å². The molecule has 0 saturated heterocycles. The number of aromatic hydroxyl groups is 3. The molecule has 3 aromatic rings. The second kappa shape index (κ2) is 9.49. The Bertz CT molecular complexity index is 1160. The third-order valence-corrected chi connectivity index (χ3v) is 6.55. The zero-order chi connectivity index (χ0) is 26.3. The molecule has 0 fully saturated rings. The van der Waals surface area contributed by atoms with E-state index in [1.165, 1.54) is 0 Å². The molecule has 0 amide bonds. The maximum absolute atomic E-state index is 10.9. The lowest BCUT2D eigenvalue weighted by atomic mass is 9.77. The van der Waals surface area contributed by atoms with Crippen LogP contribution in [0.3, 0.4) is 0 Å². The van der Waals surface area contributed by atoms with Crippen LogP contribution in [-0.2, 0) is 10.8 Å². The van der Waals surface area contributed by atoms with Crippen molar-refractivity contribution in [3.05, 3.63) is 81.4 Å². The van der Waals surface area contributed by atoms with Gasteiger partial charge in [-0.2, -0.15) is 0 Å². The first-order chi connectivity index (χ1) is 16.1. The van der Waals surface area contributed by atoms with Crippen LogP contribution in [0.1, 0.15) is 93.3 Å². The minimum Gasteiger partial charge on any atom is -0.507 e. The molecule has 4 heteroatoms. The Morgan fingerprint density at radius 3 is 1.54 bits per heavy atom. The molecule has 3 aromatic carbocycles. The quantitative estimate of drug-likeness (QED) is 0.332. The van der Waals surface area contributed by atoms with Gasteiger partial charge in [0.05, 0.1) is 6.61 Å². The van der Waals surface area contributed by atoms with Crippen LogP contribution in [0, 0.1) is 13.8 Å². The molecule has 0 atom stereocenters. The number of ether oxygens (including phenoxy) is 1. The van der Waals surface area contributed by atoms with Crippen molar-refractivity contribution in [1.82, 2.24) is 0 Å². The first-order valence-corrected chi connectivity index (χ1v) is 12.3. The van der Waals surface area contributed by atoms with Crippen LogP contribution in [0.25, 0.3) is 0 Å². The molecule has 0 saturated carbocycles. The number of hydrogen-bond acceptors (Lipinski definition) is 4. The van der Waals surface area contributed by atoms with Gasteiger partial charge in [0.1, 0.15) is 11.5 Å². The lowest BCUT2D eigenvalue weighted by molar-refractivity contribution is 0.317. The average molecular weight is 477 g/mol. The van der Waals surface area contributed by atoms with Gasteiger partial charge in [-0.1, -0.05) is 71.9 Å². The van der Waals surface area contributed by atoms with Gasteiger partial charge < -0.3 is 20.1 Å². The number of phenolic OH excluding ortho intramolecular Hbond substituents is 3. The largest absolute Gasteiger partial charge is 0.507 e. The molecule has 3 rings (SSSR count). The normalized spacial score (nSPS) is 12.3. The van der Waals surface area contributed by atoms with Crippen molar-refractivity contribution < 1.29 is 20.1 Å². The van der Waals surface area contributed by atoms with Gasteiger partial charge in [-0.3, -0.25) is 0 Å². The van der Waals surface area contributed by atoms with E-state index in [0.717, 1.165) is 38.9 Å². The number of rotatable bonds is 5. The maximum atomic E-state index is 10.9. The third-order valence-electron chi connectivity index (χ3n) is 6.55. The van der Waals surface area contributed by atoms with Crippen molar-refractivity contribution in [3.8, 4) is 23.0 Å². The lowest BCUT2D eigenvalue weighted by Gasteiger charge is -2.28. The monoisotopic (exact) mass is 476 g/mol. The zero-order valence-corrected chi connectivity index (χ0v) is 22.6. The van der Waals surface area contributed by atoms with Crippen molar-refractivity contribution in [2.75, 3.05) is 6.61 Å². The summed E-state index contributed by atoms with van der Waals surface area (Å²) >= 11 is 0. The highest BCUT2D eigenvalue weighted by molar-refractivity contribution is 5.57. The van der Waals surface area contributed by atoms with Crippen LogP contribution in [-0.4, -0.2) is 21.9 Å². The van der Waals surface area contributed by atoms with Crippen molar-refractivity contribution in [1.29, 1.82) is 0 Å². The van der Waals surface area contributed by atoms with E-state index in [2.05, 4.69) is 53.7 Å². The Morgan fingerprint density at radius 1 is 0.686 bits per heavy atom. The summed E-state index contributed by atoms with van der Waals surface area (Å²) in [7, 11) is 0. The van der Waals surface area contributed by atoms with Gasteiger partial charge in [0.15, 0.2) is 11.5 Å². The van der Waals surface area contributed by atoms with E-state index in [4.69, 9.17) is 4.74 Å². The van der Waals surface area contributed by atoms with E-state index in [0.29, 0.717) is 23.9 Å². The Kier molecular flexibility index (Phi) is 7.17. The topological polar surface area (TPSA) is 69.9 Å². The first kappa shape index (κ1) is 26.5. The minimum atomic E-state index is -0.248. The smallest absolute Gasteiger partial charge is 0.161 e. The van der Waals surface area contributed by atoms with E-state index < -0.39 is 0 Å². The van der Waals surface area contributed by atoms with Crippen LogP contribution in [0.4, 0.5) is 0 Å². The van der Waals surface area contributed by atoms with Gasteiger partial charge in [0.25, 0.3) is 0 Å². The fourth-order valence-electron chi connectivity index (χ4n) is 4.65. The molecule has 0 aliphatic rings. The average Bonchev–Trinajstić information content (AvgIpc) is 2.73. The molecule has 0 radical (unpaired) electrons. The minimum absolute atomic E-state index is 0.101. The summed E-state index contributed by atoms with van der Waals surface area (Å²) in [6.07, 6.45) is 0. The Balaban J connectivity index is 2.38. The van der Waals surface area contributed by atoms with Crippen LogP contribution in [0.15, 0.2) is 42.5 Å². The fourth-order valence-corrected chi connectivity index (χ4v) is 4.65. The van der Waals surface area contributed by atoms with Crippen molar-refractivity contribution in [2.24, 2.45) is 0 Å². The predicted molar refractivity (Wildman–Crippen MR) is 143 cm³/mol. The molecule has 0 heterocycles. The molecule has 4 nitrogen and oxygen atoms in total. The lowest BCUT2D eigenvalue weighted by Crippen LogP contribution is -2.16. The number of phenols is 3. The van der Waals surface area contributed by atoms with E-state index in [1.54, 1.807) is 6.07 Å². The number of aryl methyl sites for hydroxylation is 2. The fraction of sp³-hybridized carbons (Fsp3) is 0.419. The summed E-state index contributed by atoms with van der Waals surface area (Å²) in [6.45, 7) is 18.8. The Labute approximate surface area is 210 Å². The summed E-state index contributed by atoms with van der Waals surface area (Å²) in [5.74, 6) is 0.975. The number of benzene rings is 3. The van der Waals surface area contributed by atoms with Gasteiger partial charge in [-0.05, 0) is 82.7 Å². The summed E-state index contributed by atoms with van der Waals surface area (Å²) in [5.41, 5.74) is 5.92. The van der Waals surface area contributed by atoms with E-state index in [1.807, 2.05) is 45.0 Å². The van der Waals surface area contributed by atoms with Gasteiger partial charge in [0.2, 0.25) is 0 Å². The van der Waals surface area contributed by atoms with Gasteiger partial charge in [0, 0.05) is 5.92 Å². The Hall–Kier alpha value is -3.14. The highest BCUT2D eigenvalue weighted by Crippen LogP contribution is 2.44. The van der Waals surface area contributed by atoms with E-state index >= 15 is 0 Å². The molecule has 0 aromatic heterocycles. The molecule has 3 N–H and O–H groups in total. The summed E-state index contributed by atoms with van der Waals surface area (Å²) in [4.78, 5) is 0. The first-order valence-electron chi connectivity index (χ1n) is 12.3. The second-order valence-electron chi connectivity index (χ2n) is 11.6. The summed E-state index contributed by atoms with van der Waals surface area (Å²) in [6, 6.07) is 13.7. The molecule has 0 aliphatic heterocycles. The van der Waals surface area contributed by atoms with Gasteiger partial charge >= 0.3 is 0 Å². The second-order valence-corrected chi connectivity index (χ2v) is 11.6. The highest BCUT2D eigenvalue weighted by atomic mass is 16.5. The standard InChI is InChI=1S/C31H40O4/c1-10-35-26-17-20(11-12-25(26)32)27(21-13-18(2)28(33)23(15-21)30(4,5)6)22-14-19(3)29(34)24(16-22)31(7,8)9/h11-17,27,32-34H,10H2,1-9H3.